The summed E-state index contributed by atoms with van der Waals surface area (Å²) in [4.78, 5) is 16.8. The molecule has 0 fully saturated rings. The zero-order valence-corrected chi connectivity index (χ0v) is 16.5. The summed E-state index contributed by atoms with van der Waals surface area (Å²) in [7, 11) is -0.627. The molecule has 3 aromatic rings. The van der Waals surface area contributed by atoms with E-state index >= 15 is 0 Å². The van der Waals surface area contributed by atoms with E-state index in [0.717, 1.165) is 4.31 Å². The van der Waals surface area contributed by atoms with Gasteiger partial charge in [0.15, 0.2) is 5.82 Å². The molecule has 0 atom stereocenters. The highest BCUT2D eigenvalue weighted by molar-refractivity contribution is 7.89. The van der Waals surface area contributed by atoms with Crippen LogP contribution >= 0.6 is 0 Å². The molecule has 0 aliphatic heterocycles. The molecule has 0 aliphatic rings. The third-order valence-corrected chi connectivity index (χ3v) is 5.95. The maximum atomic E-state index is 12.5. The monoisotopic (exact) mass is 400 g/mol. The van der Waals surface area contributed by atoms with Gasteiger partial charge in [0.05, 0.1) is 16.8 Å². The summed E-state index contributed by atoms with van der Waals surface area (Å²) in [6, 6.07) is 11.7. The maximum absolute atomic E-state index is 12.5. The number of hydrogen-bond donors (Lipinski definition) is 0. The Bertz CT molecular complexity index is 1090. The van der Waals surface area contributed by atoms with Gasteiger partial charge in [0.1, 0.15) is 12.2 Å². The van der Waals surface area contributed by atoms with Crippen molar-refractivity contribution in [2.75, 3.05) is 14.1 Å². The zero-order valence-electron chi connectivity index (χ0n) is 15.7. The van der Waals surface area contributed by atoms with Gasteiger partial charge in [-0.2, -0.15) is 5.10 Å². The van der Waals surface area contributed by atoms with Crippen LogP contribution in [0.3, 0.4) is 0 Å². The molecule has 0 unspecified atom stereocenters. The van der Waals surface area contributed by atoms with Crippen molar-refractivity contribution in [3.8, 4) is 5.82 Å². The Kier molecular flexibility index (Phi) is 5.57. The number of carbonyl (C=O) groups excluding carboxylic acids is 1. The van der Waals surface area contributed by atoms with Crippen LogP contribution in [0.4, 0.5) is 0 Å². The summed E-state index contributed by atoms with van der Waals surface area (Å²) < 4.78 is 32.5. The summed E-state index contributed by atoms with van der Waals surface area (Å²) in [6.45, 7) is 1.70. The van der Waals surface area contributed by atoms with Crippen LogP contribution in [-0.4, -0.2) is 47.6 Å². The van der Waals surface area contributed by atoms with Crippen molar-refractivity contribution in [1.82, 2.24) is 19.1 Å². The van der Waals surface area contributed by atoms with E-state index in [2.05, 4.69) is 10.1 Å². The second-order valence-corrected chi connectivity index (χ2v) is 8.41. The molecule has 8 nitrogen and oxygen atoms in total. The predicted molar refractivity (Wildman–Crippen MR) is 103 cm³/mol. The lowest BCUT2D eigenvalue weighted by molar-refractivity contribution is 0.0471. The molecular weight excluding hydrogens is 380 g/mol. The third kappa shape index (κ3) is 3.95. The van der Waals surface area contributed by atoms with Crippen molar-refractivity contribution in [3.05, 3.63) is 71.7 Å². The van der Waals surface area contributed by atoms with E-state index in [0.29, 0.717) is 22.6 Å². The lowest BCUT2D eigenvalue weighted by atomic mass is 10.2. The van der Waals surface area contributed by atoms with Gasteiger partial charge in [-0.3, -0.25) is 0 Å². The van der Waals surface area contributed by atoms with Crippen LogP contribution in [0.15, 0.2) is 59.8 Å². The molecule has 0 aliphatic carbocycles. The van der Waals surface area contributed by atoms with Crippen LogP contribution in [0.2, 0.25) is 0 Å². The average Bonchev–Trinajstić information content (AvgIpc) is 3.08. The second-order valence-electron chi connectivity index (χ2n) is 6.25. The summed E-state index contributed by atoms with van der Waals surface area (Å²) in [5, 5.41) is 4.20. The Balaban J connectivity index is 1.75. The van der Waals surface area contributed by atoms with Crippen LogP contribution in [-0.2, 0) is 21.4 Å². The number of pyridine rings is 1. The van der Waals surface area contributed by atoms with Crippen LogP contribution in [0.5, 0.6) is 0 Å². The molecule has 0 bridgehead atoms. The number of ether oxygens (including phenoxy) is 1. The minimum atomic E-state index is -3.55. The molecule has 146 valence electrons. The van der Waals surface area contributed by atoms with Gasteiger partial charge in [-0.25, -0.2) is 27.2 Å². The SMILES string of the molecule is Cc1c(C(=O)OCc2cccc(S(=O)(=O)N(C)C)c2)cnn1-c1ccccn1. The standard InChI is InChI=1S/C19H20N4O4S/c1-14-17(12-21-23(14)18-9-4-5-10-20-18)19(24)27-13-15-7-6-8-16(11-15)28(25,26)22(2)3/h4-12H,13H2,1-3H3. The molecule has 0 saturated carbocycles. The molecule has 2 aromatic heterocycles. The third-order valence-electron chi connectivity index (χ3n) is 4.14. The minimum Gasteiger partial charge on any atom is -0.457 e. The summed E-state index contributed by atoms with van der Waals surface area (Å²) in [5.41, 5.74) is 1.50. The van der Waals surface area contributed by atoms with E-state index in [4.69, 9.17) is 4.74 Å². The van der Waals surface area contributed by atoms with Gasteiger partial charge in [-0.05, 0) is 36.8 Å². The Morgan fingerprint density at radius 1 is 1.18 bits per heavy atom. The van der Waals surface area contributed by atoms with Crippen LogP contribution in [0, 0.1) is 6.92 Å². The number of hydrogen-bond acceptors (Lipinski definition) is 6. The van der Waals surface area contributed by atoms with E-state index in [1.165, 1.54) is 32.4 Å². The van der Waals surface area contributed by atoms with Crippen molar-refractivity contribution in [3.63, 3.8) is 0 Å². The zero-order chi connectivity index (χ0) is 20.3. The van der Waals surface area contributed by atoms with Gasteiger partial charge in [0.25, 0.3) is 0 Å². The molecule has 3 rings (SSSR count). The number of esters is 1. The predicted octanol–water partition coefficient (Wildman–Crippen LogP) is 2.18. The van der Waals surface area contributed by atoms with Crippen molar-refractivity contribution in [2.24, 2.45) is 0 Å². The topological polar surface area (TPSA) is 94.4 Å². The van der Waals surface area contributed by atoms with Crippen LogP contribution < -0.4 is 0 Å². The Morgan fingerprint density at radius 3 is 2.64 bits per heavy atom. The van der Waals surface area contributed by atoms with Gasteiger partial charge in [0.2, 0.25) is 10.0 Å². The average molecular weight is 400 g/mol. The minimum absolute atomic E-state index is 0.0518. The van der Waals surface area contributed by atoms with Crippen molar-refractivity contribution in [2.45, 2.75) is 18.4 Å². The fourth-order valence-electron chi connectivity index (χ4n) is 2.55. The first-order valence-electron chi connectivity index (χ1n) is 8.45. The van der Waals surface area contributed by atoms with Gasteiger partial charge in [-0.1, -0.05) is 18.2 Å². The molecule has 28 heavy (non-hydrogen) atoms. The highest BCUT2D eigenvalue weighted by Crippen LogP contribution is 2.17. The van der Waals surface area contributed by atoms with E-state index < -0.39 is 16.0 Å². The van der Waals surface area contributed by atoms with E-state index in [1.807, 2.05) is 6.07 Å². The number of benzene rings is 1. The molecule has 0 amide bonds. The summed E-state index contributed by atoms with van der Waals surface area (Å²) >= 11 is 0. The van der Waals surface area contributed by atoms with Crippen LogP contribution in [0.1, 0.15) is 21.6 Å². The van der Waals surface area contributed by atoms with E-state index in [1.54, 1.807) is 42.1 Å². The molecule has 0 N–H and O–H groups in total. The summed E-state index contributed by atoms with van der Waals surface area (Å²) in [6.07, 6.45) is 3.07. The number of sulfonamides is 1. The molecule has 0 radical (unpaired) electrons. The largest absolute Gasteiger partial charge is 0.457 e. The smallest absolute Gasteiger partial charge is 0.341 e. The van der Waals surface area contributed by atoms with Gasteiger partial charge in [0, 0.05) is 20.3 Å². The lowest BCUT2D eigenvalue weighted by Gasteiger charge is -2.12. The second kappa shape index (κ2) is 7.91. The van der Waals surface area contributed by atoms with Crippen molar-refractivity contribution >= 4 is 16.0 Å². The number of carbonyl (C=O) groups is 1. The molecule has 9 heteroatoms. The van der Waals surface area contributed by atoms with Gasteiger partial charge < -0.3 is 4.74 Å². The van der Waals surface area contributed by atoms with E-state index in [9.17, 15) is 13.2 Å². The Labute approximate surface area is 163 Å². The Morgan fingerprint density at radius 2 is 1.96 bits per heavy atom. The van der Waals surface area contributed by atoms with Gasteiger partial charge in [-0.15, -0.1) is 0 Å². The molecular formula is C19H20N4O4S. The molecule has 0 spiro atoms. The highest BCUT2D eigenvalue weighted by Gasteiger charge is 2.19. The molecule has 2 heterocycles. The molecule has 1 aromatic carbocycles. The highest BCUT2D eigenvalue weighted by atomic mass is 32.2. The number of nitrogens with zero attached hydrogens (tertiary/aromatic N) is 4. The van der Waals surface area contributed by atoms with Gasteiger partial charge >= 0.3 is 5.97 Å². The van der Waals surface area contributed by atoms with Crippen LogP contribution in [0.25, 0.3) is 5.82 Å². The molecule has 0 saturated heterocycles. The fraction of sp³-hybridized carbons (Fsp3) is 0.211. The van der Waals surface area contributed by atoms with E-state index in [-0.39, 0.29) is 11.5 Å². The number of aromatic nitrogens is 3. The number of rotatable bonds is 6. The first-order chi connectivity index (χ1) is 13.3. The van der Waals surface area contributed by atoms with Crippen molar-refractivity contribution in [1.29, 1.82) is 0 Å². The quantitative estimate of drug-likeness (QED) is 0.589. The lowest BCUT2D eigenvalue weighted by Crippen LogP contribution is -2.22. The normalized spacial score (nSPS) is 11.6. The first kappa shape index (κ1) is 19.7. The Hall–Kier alpha value is -3.04. The summed E-state index contributed by atoms with van der Waals surface area (Å²) in [5.74, 6) is 0.0567. The van der Waals surface area contributed by atoms with Crippen molar-refractivity contribution < 1.29 is 17.9 Å². The first-order valence-corrected chi connectivity index (χ1v) is 9.89. The maximum Gasteiger partial charge on any atom is 0.341 e. The fourth-order valence-corrected chi connectivity index (χ4v) is 3.53.